The molecule has 0 bridgehead atoms. The van der Waals surface area contributed by atoms with Gasteiger partial charge in [0.2, 0.25) is 0 Å². The lowest BCUT2D eigenvalue weighted by molar-refractivity contribution is 0.288. The van der Waals surface area contributed by atoms with Crippen LogP contribution in [0.3, 0.4) is 0 Å². The zero-order valence-electron chi connectivity index (χ0n) is 14.5. The molecule has 0 amide bonds. The average molecular weight is 452 g/mol. The second-order valence-corrected chi connectivity index (χ2v) is 7.97. The maximum Gasteiger partial charge on any atom is 0.278 e. The maximum absolute atomic E-state index is 12.4. The summed E-state index contributed by atoms with van der Waals surface area (Å²) in [6.45, 7) is 4.68. The molecule has 0 radical (unpaired) electrons. The SMILES string of the molecule is CCOc1ccc(/C=N/NS(=O)(=O)c2cc(Cl)c(Cl)cc2Cl)cc1OCC. The van der Waals surface area contributed by atoms with Crippen LogP contribution in [0.1, 0.15) is 19.4 Å². The predicted molar refractivity (Wildman–Crippen MR) is 108 cm³/mol. The van der Waals surface area contributed by atoms with Crippen molar-refractivity contribution in [2.24, 2.45) is 5.10 Å². The Morgan fingerprint density at radius 2 is 1.59 bits per heavy atom. The van der Waals surface area contributed by atoms with E-state index in [0.29, 0.717) is 30.3 Å². The molecule has 10 heteroatoms. The highest BCUT2D eigenvalue weighted by molar-refractivity contribution is 7.89. The molecular weight excluding hydrogens is 435 g/mol. The monoisotopic (exact) mass is 450 g/mol. The molecule has 1 N–H and O–H groups in total. The largest absolute Gasteiger partial charge is 0.490 e. The molecule has 0 saturated carbocycles. The van der Waals surface area contributed by atoms with Gasteiger partial charge in [-0.1, -0.05) is 34.8 Å². The van der Waals surface area contributed by atoms with Gasteiger partial charge in [0.25, 0.3) is 10.0 Å². The van der Waals surface area contributed by atoms with Crippen molar-refractivity contribution in [3.05, 3.63) is 51.0 Å². The van der Waals surface area contributed by atoms with Crippen LogP contribution in [0.25, 0.3) is 0 Å². The van der Waals surface area contributed by atoms with E-state index in [1.807, 2.05) is 13.8 Å². The van der Waals surface area contributed by atoms with E-state index in [1.54, 1.807) is 18.2 Å². The summed E-state index contributed by atoms with van der Waals surface area (Å²) >= 11 is 17.6. The fourth-order valence-corrected chi connectivity index (χ4v) is 3.87. The van der Waals surface area contributed by atoms with Crippen molar-refractivity contribution in [1.29, 1.82) is 0 Å². The summed E-state index contributed by atoms with van der Waals surface area (Å²) in [6.07, 6.45) is 1.33. The lowest BCUT2D eigenvalue weighted by Crippen LogP contribution is -2.18. The van der Waals surface area contributed by atoms with Gasteiger partial charge in [-0.2, -0.15) is 13.5 Å². The topological polar surface area (TPSA) is 77.0 Å². The van der Waals surface area contributed by atoms with Crippen LogP contribution in [0, 0.1) is 0 Å². The summed E-state index contributed by atoms with van der Waals surface area (Å²) < 4.78 is 35.7. The summed E-state index contributed by atoms with van der Waals surface area (Å²) in [5, 5.41) is 3.93. The minimum Gasteiger partial charge on any atom is -0.490 e. The molecule has 0 aliphatic heterocycles. The van der Waals surface area contributed by atoms with Gasteiger partial charge in [0.15, 0.2) is 11.5 Å². The normalized spacial score (nSPS) is 11.6. The number of benzene rings is 2. The van der Waals surface area contributed by atoms with Gasteiger partial charge in [0, 0.05) is 0 Å². The van der Waals surface area contributed by atoms with Crippen LogP contribution < -0.4 is 14.3 Å². The van der Waals surface area contributed by atoms with Crippen LogP contribution in [0.4, 0.5) is 0 Å². The number of halogens is 3. The zero-order valence-corrected chi connectivity index (χ0v) is 17.6. The van der Waals surface area contributed by atoms with Gasteiger partial charge < -0.3 is 9.47 Å². The van der Waals surface area contributed by atoms with Gasteiger partial charge in [0.1, 0.15) is 4.90 Å². The van der Waals surface area contributed by atoms with E-state index < -0.39 is 10.0 Å². The van der Waals surface area contributed by atoms with E-state index >= 15 is 0 Å². The fraction of sp³-hybridized carbons (Fsp3) is 0.235. The van der Waals surface area contributed by atoms with Crippen molar-refractivity contribution in [2.45, 2.75) is 18.7 Å². The summed E-state index contributed by atoms with van der Waals surface area (Å²) in [5.74, 6) is 1.14. The third-order valence-electron chi connectivity index (χ3n) is 3.22. The Morgan fingerprint density at radius 1 is 0.963 bits per heavy atom. The molecule has 0 fully saturated rings. The van der Waals surface area contributed by atoms with E-state index in [0.717, 1.165) is 6.07 Å². The van der Waals surface area contributed by atoms with Crippen LogP contribution in [0.15, 0.2) is 40.3 Å². The van der Waals surface area contributed by atoms with Crippen LogP contribution in [-0.2, 0) is 10.0 Å². The van der Waals surface area contributed by atoms with Crippen molar-refractivity contribution >= 4 is 51.0 Å². The highest BCUT2D eigenvalue weighted by Gasteiger charge is 2.19. The summed E-state index contributed by atoms with van der Waals surface area (Å²) in [4.78, 5) is 1.86. The Hall–Kier alpha value is -1.67. The minimum atomic E-state index is -4.02. The van der Waals surface area contributed by atoms with Crippen molar-refractivity contribution in [3.8, 4) is 11.5 Å². The Kier molecular flexibility index (Phi) is 7.61. The van der Waals surface area contributed by atoms with E-state index in [1.165, 1.54) is 12.3 Å². The first-order valence-corrected chi connectivity index (χ1v) is 10.5. The van der Waals surface area contributed by atoms with Crippen molar-refractivity contribution in [2.75, 3.05) is 13.2 Å². The van der Waals surface area contributed by atoms with Gasteiger partial charge >= 0.3 is 0 Å². The van der Waals surface area contributed by atoms with Crippen LogP contribution >= 0.6 is 34.8 Å². The molecule has 0 atom stereocenters. The molecule has 0 aliphatic rings. The molecule has 2 aromatic carbocycles. The van der Waals surface area contributed by atoms with E-state index in [2.05, 4.69) is 9.93 Å². The highest BCUT2D eigenvalue weighted by atomic mass is 35.5. The number of sulfonamides is 1. The van der Waals surface area contributed by atoms with Crippen LogP contribution in [0.2, 0.25) is 15.1 Å². The molecule has 6 nitrogen and oxygen atoms in total. The molecule has 146 valence electrons. The lowest BCUT2D eigenvalue weighted by atomic mass is 10.2. The number of nitrogens with one attached hydrogen (secondary N) is 1. The molecule has 2 rings (SSSR count). The molecule has 2 aromatic rings. The maximum atomic E-state index is 12.4. The van der Waals surface area contributed by atoms with Crippen molar-refractivity contribution < 1.29 is 17.9 Å². The summed E-state index contributed by atoms with van der Waals surface area (Å²) in [7, 11) is -4.02. The quantitative estimate of drug-likeness (QED) is 0.357. The number of nitrogens with zero attached hydrogens (tertiary/aromatic N) is 1. The van der Waals surface area contributed by atoms with Crippen LogP contribution in [-0.4, -0.2) is 27.8 Å². The first kappa shape index (κ1) is 21.6. The second kappa shape index (κ2) is 9.50. The molecular formula is C17H17Cl3N2O4S. The average Bonchev–Trinajstić information content (AvgIpc) is 2.60. The zero-order chi connectivity index (χ0) is 20.0. The van der Waals surface area contributed by atoms with Gasteiger partial charge in [-0.15, -0.1) is 0 Å². The molecule has 0 aromatic heterocycles. The Balaban J connectivity index is 2.21. The number of hydrazone groups is 1. The molecule has 0 saturated heterocycles. The Bertz CT molecular complexity index is 949. The minimum absolute atomic E-state index is 0.0631. The summed E-state index contributed by atoms with van der Waals surface area (Å²) in [5.41, 5.74) is 0.616. The number of rotatable bonds is 8. The number of hydrogen-bond acceptors (Lipinski definition) is 5. The number of hydrogen-bond donors (Lipinski definition) is 1. The molecule has 27 heavy (non-hydrogen) atoms. The van der Waals surface area contributed by atoms with Gasteiger partial charge in [0.05, 0.1) is 34.5 Å². The summed E-state index contributed by atoms with van der Waals surface area (Å²) in [6, 6.07) is 7.55. The number of ether oxygens (including phenoxy) is 2. The van der Waals surface area contributed by atoms with E-state index in [4.69, 9.17) is 44.3 Å². The van der Waals surface area contributed by atoms with Gasteiger partial charge in [-0.25, -0.2) is 4.83 Å². The van der Waals surface area contributed by atoms with Crippen molar-refractivity contribution in [3.63, 3.8) is 0 Å². The van der Waals surface area contributed by atoms with Crippen molar-refractivity contribution in [1.82, 2.24) is 4.83 Å². The third kappa shape index (κ3) is 5.65. The fourth-order valence-electron chi connectivity index (χ4n) is 2.08. The highest BCUT2D eigenvalue weighted by Crippen LogP contribution is 2.31. The molecule has 0 spiro atoms. The Morgan fingerprint density at radius 3 is 2.26 bits per heavy atom. The van der Waals surface area contributed by atoms with E-state index in [-0.39, 0.29) is 20.0 Å². The Labute approximate surface area is 173 Å². The lowest BCUT2D eigenvalue weighted by Gasteiger charge is -2.11. The smallest absolute Gasteiger partial charge is 0.278 e. The molecule has 0 unspecified atom stereocenters. The third-order valence-corrected chi connectivity index (χ3v) is 5.63. The predicted octanol–water partition coefficient (Wildman–Crippen LogP) is 4.76. The van der Waals surface area contributed by atoms with Gasteiger partial charge in [-0.3, -0.25) is 0 Å². The second-order valence-electron chi connectivity index (χ2n) is 5.12. The van der Waals surface area contributed by atoms with Crippen LogP contribution in [0.5, 0.6) is 11.5 Å². The van der Waals surface area contributed by atoms with E-state index in [9.17, 15) is 8.42 Å². The van der Waals surface area contributed by atoms with Gasteiger partial charge in [-0.05, 0) is 49.7 Å². The first-order chi connectivity index (χ1) is 12.8. The standard InChI is InChI=1S/C17H17Cl3N2O4S/c1-3-25-15-6-5-11(7-16(15)26-4-2)10-21-22-27(23,24)17-9-13(19)12(18)8-14(17)20/h5-10,22H,3-4H2,1-2H3/b21-10+. The molecule has 0 aliphatic carbocycles. The molecule has 0 heterocycles. The first-order valence-electron chi connectivity index (χ1n) is 7.87.